The molecule has 0 saturated carbocycles. The summed E-state index contributed by atoms with van der Waals surface area (Å²) in [5.74, 6) is 0.976. The molecule has 0 bridgehead atoms. The Balaban J connectivity index is 2.69. The van der Waals surface area contributed by atoms with E-state index in [-0.39, 0.29) is 0 Å². The van der Waals surface area contributed by atoms with Gasteiger partial charge >= 0.3 is 0 Å². The van der Waals surface area contributed by atoms with E-state index in [1.807, 2.05) is 6.07 Å². The summed E-state index contributed by atoms with van der Waals surface area (Å²) in [6.45, 7) is 4.22. The maximum Gasteiger partial charge on any atom is 0.122 e. The summed E-state index contributed by atoms with van der Waals surface area (Å²) in [7, 11) is 1.72. The van der Waals surface area contributed by atoms with Crippen LogP contribution in [0.25, 0.3) is 0 Å². The highest BCUT2D eigenvalue weighted by Crippen LogP contribution is 2.21. The Labute approximate surface area is 92.4 Å². The lowest BCUT2D eigenvalue weighted by molar-refractivity contribution is 0.408. The van der Waals surface area contributed by atoms with E-state index >= 15 is 0 Å². The summed E-state index contributed by atoms with van der Waals surface area (Å²) in [5.41, 5.74) is 8.45. The van der Waals surface area contributed by atoms with Crippen LogP contribution in [0.1, 0.15) is 30.9 Å². The predicted octanol–water partition coefficient (Wildman–Crippen LogP) is 2.67. The van der Waals surface area contributed by atoms with E-state index in [2.05, 4.69) is 26.0 Å². The number of benzene rings is 1. The first-order valence-corrected chi connectivity index (χ1v) is 5.56. The van der Waals surface area contributed by atoms with Gasteiger partial charge in [0, 0.05) is 6.04 Å². The topological polar surface area (TPSA) is 35.2 Å². The molecule has 0 amide bonds. The lowest BCUT2D eigenvalue weighted by atomic mass is 10.0. The van der Waals surface area contributed by atoms with E-state index in [4.69, 9.17) is 10.5 Å². The van der Waals surface area contributed by atoms with Crippen molar-refractivity contribution in [2.75, 3.05) is 7.11 Å². The minimum atomic E-state index is 0.301. The highest BCUT2D eigenvalue weighted by Gasteiger charge is 2.05. The summed E-state index contributed by atoms with van der Waals surface area (Å²) < 4.78 is 5.33. The van der Waals surface area contributed by atoms with Gasteiger partial charge < -0.3 is 10.5 Å². The third-order valence-electron chi connectivity index (χ3n) is 2.74. The van der Waals surface area contributed by atoms with Gasteiger partial charge in [-0.3, -0.25) is 0 Å². The largest absolute Gasteiger partial charge is 0.496 e. The van der Waals surface area contributed by atoms with Gasteiger partial charge in [-0.1, -0.05) is 24.6 Å². The highest BCUT2D eigenvalue weighted by atomic mass is 16.5. The molecule has 0 fully saturated rings. The van der Waals surface area contributed by atoms with Crippen molar-refractivity contribution < 1.29 is 4.74 Å². The monoisotopic (exact) mass is 207 g/mol. The van der Waals surface area contributed by atoms with Crippen LogP contribution in [0, 0.1) is 6.92 Å². The van der Waals surface area contributed by atoms with Gasteiger partial charge in [0.25, 0.3) is 0 Å². The summed E-state index contributed by atoms with van der Waals surface area (Å²) in [4.78, 5) is 0. The molecule has 0 heterocycles. The normalized spacial score (nSPS) is 12.5. The van der Waals surface area contributed by atoms with Gasteiger partial charge in [0.15, 0.2) is 0 Å². The summed E-state index contributed by atoms with van der Waals surface area (Å²) >= 11 is 0. The fourth-order valence-electron chi connectivity index (χ4n) is 1.65. The molecule has 1 rings (SSSR count). The molecule has 2 heteroatoms. The van der Waals surface area contributed by atoms with Crippen molar-refractivity contribution in [1.82, 2.24) is 0 Å². The molecule has 0 saturated heterocycles. The van der Waals surface area contributed by atoms with Crippen LogP contribution < -0.4 is 10.5 Å². The van der Waals surface area contributed by atoms with Crippen LogP contribution in [0.2, 0.25) is 0 Å². The van der Waals surface area contributed by atoms with Gasteiger partial charge in [0.05, 0.1) is 7.11 Å². The molecule has 1 aromatic rings. The minimum Gasteiger partial charge on any atom is -0.496 e. The van der Waals surface area contributed by atoms with Crippen molar-refractivity contribution in [1.29, 1.82) is 0 Å². The van der Waals surface area contributed by atoms with Gasteiger partial charge in [-0.15, -0.1) is 0 Å². The summed E-state index contributed by atoms with van der Waals surface area (Å²) in [6.07, 6.45) is 3.06. The fourth-order valence-corrected chi connectivity index (χ4v) is 1.65. The average molecular weight is 207 g/mol. The molecule has 1 atom stereocenters. The van der Waals surface area contributed by atoms with Gasteiger partial charge in [0.1, 0.15) is 5.75 Å². The maximum atomic E-state index is 5.91. The van der Waals surface area contributed by atoms with E-state index < -0.39 is 0 Å². The van der Waals surface area contributed by atoms with E-state index in [9.17, 15) is 0 Å². The van der Waals surface area contributed by atoms with E-state index in [1.165, 1.54) is 11.1 Å². The quantitative estimate of drug-likeness (QED) is 0.805. The molecule has 0 aliphatic rings. The van der Waals surface area contributed by atoms with E-state index in [0.29, 0.717) is 6.04 Å². The molecule has 1 aromatic carbocycles. The molecule has 2 nitrogen and oxygen atoms in total. The number of ether oxygens (including phenoxy) is 1. The van der Waals surface area contributed by atoms with Gasteiger partial charge in [-0.05, 0) is 37.8 Å². The van der Waals surface area contributed by atoms with Crippen molar-refractivity contribution in [2.45, 2.75) is 39.2 Å². The van der Waals surface area contributed by atoms with Crippen LogP contribution in [-0.2, 0) is 6.42 Å². The third kappa shape index (κ3) is 3.56. The number of hydrogen-bond acceptors (Lipinski definition) is 2. The zero-order chi connectivity index (χ0) is 11.3. The molecule has 0 spiro atoms. The fraction of sp³-hybridized carbons (Fsp3) is 0.538. The molecule has 0 radical (unpaired) electrons. The van der Waals surface area contributed by atoms with Gasteiger partial charge in [-0.25, -0.2) is 0 Å². The smallest absolute Gasteiger partial charge is 0.122 e. The average Bonchev–Trinajstić information content (AvgIpc) is 2.26. The lowest BCUT2D eigenvalue weighted by Crippen LogP contribution is -2.19. The van der Waals surface area contributed by atoms with Crippen molar-refractivity contribution in [3.05, 3.63) is 29.3 Å². The zero-order valence-electron chi connectivity index (χ0n) is 9.92. The van der Waals surface area contributed by atoms with Crippen LogP contribution in [0.5, 0.6) is 5.75 Å². The second-order valence-corrected chi connectivity index (χ2v) is 4.02. The Morgan fingerprint density at radius 2 is 2.13 bits per heavy atom. The molecular formula is C13H21NO. The Morgan fingerprint density at radius 1 is 1.40 bits per heavy atom. The molecule has 0 aromatic heterocycles. The standard InChI is InChI=1S/C13H21NO/c1-4-12(14)7-6-11-9-10(2)5-8-13(11)15-3/h5,8-9,12H,4,6-7,14H2,1-3H3. The van der Waals surface area contributed by atoms with Crippen LogP contribution >= 0.6 is 0 Å². The van der Waals surface area contributed by atoms with Gasteiger partial charge in [-0.2, -0.15) is 0 Å². The predicted molar refractivity (Wildman–Crippen MR) is 64.3 cm³/mol. The summed E-state index contributed by atoms with van der Waals surface area (Å²) in [6, 6.07) is 6.58. The Bertz CT molecular complexity index is 309. The Hall–Kier alpha value is -1.02. The molecule has 0 aliphatic heterocycles. The van der Waals surface area contributed by atoms with Crippen molar-refractivity contribution >= 4 is 0 Å². The molecule has 2 N–H and O–H groups in total. The molecule has 84 valence electrons. The number of hydrogen-bond donors (Lipinski definition) is 1. The molecule has 15 heavy (non-hydrogen) atoms. The van der Waals surface area contributed by atoms with E-state index in [1.54, 1.807) is 7.11 Å². The Kier molecular flexibility index (Phi) is 4.63. The highest BCUT2D eigenvalue weighted by molar-refractivity contribution is 5.36. The first kappa shape index (κ1) is 12.1. The number of rotatable bonds is 5. The van der Waals surface area contributed by atoms with Gasteiger partial charge in [0.2, 0.25) is 0 Å². The first-order chi connectivity index (χ1) is 7.17. The SMILES string of the molecule is CCC(N)CCc1cc(C)ccc1OC. The van der Waals surface area contributed by atoms with Crippen molar-refractivity contribution in [3.8, 4) is 5.75 Å². The number of methoxy groups -OCH3 is 1. The molecule has 0 aliphatic carbocycles. The van der Waals surface area contributed by atoms with Crippen molar-refractivity contribution in [2.24, 2.45) is 5.73 Å². The van der Waals surface area contributed by atoms with Crippen LogP contribution in [0.4, 0.5) is 0 Å². The lowest BCUT2D eigenvalue weighted by Gasteiger charge is -2.12. The summed E-state index contributed by atoms with van der Waals surface area (Å²) in [5, 5.41) is 0. The number of aryl methyl sites for hydroxylation is 2. The zero-order valence-corrected chi connectivity index (χ0v) is 9.92. The second-order valence-electron chi connectivity index (χ2n) is 4.02. The second kappa shape index (κ2) is 5.76. The molecule has 1 unspecified atom stereocenters. The maximum absolute atomic E-state index is 5.91. The van der Waals surface area contributed by atoms with Crippen LogP contribution in [0.3, 0.4) is 0 Å². The van der Waals surface area contributed by atoms with Crippen molar-refractivity contribution in [3.63, 3.8) is 0 Å². The Morgan fingerprint density at radius 3 is 2.73 bits per heavy atom. The third-order valence-corrected chi connectivity index (χ3v) is 2.74. The van der Waals surface area contributed by atoms with Crippen LogP contribution in [-0.4, -0.2) is 13.2 Å². The van der Waals surface area contributed by atoms with Crippen LogP contribution in [0.15, 0.2) is 18.2 Å². The van der Waals surface area contributed by atoms with E-state index in [0.717, 1.165) is 25.0 Å². The first-order valence-electron chi connectivity index (χ1n) is 5.56. The minimum absolute atomic E-state index is 0.301. The number of nitrogens with two attached hydrogens (primary N) is 1. The molecular weight excluding hydrogens is 186 g/mol.